The first-order chi connectivity index (χ1) is 13.7. The lowest BCUT2D eigenvalue weighted by Crippen LogP contribution is -2.16. The van der Waals surface area contributed by atoms with Crippen LogP contribution in [0.4, 0.5) is 21.5 Å². The topological polar surface area (TPSA) is 118 Å². The number of nitro benzene ring substituents is 1. The summed E-state index contributed by atoms with van der Waals surface area (Å²) in [4.78, 5) is 22.4. The Bertz CT molecular complexity index is 1160. The van der Waals surface area contributed by atoms with Gasteiger partial charge >= 0.3 is 0 Å². The van der Waals surface area contributed by atoms with Crippen LogP contribution in [0.15, 0.2) is 77.7 Å². The number of carbonyl (C=O) groups is 1. The number of anilines is 2. The number of amides is 1. The molecule has 0 fully saturated rings. The van der Waals surface area contributed by atoms with Gasteiger partial charge in [-0.2, -0.15) is 0 Å². The van der Waals surface area contributed by atoms with Crippen molar-refractivity contribution in [3.63, 3.8) is 0 Å². The molecule has 0 heterocycles. The van der Waals surface area contributed by atoms with E-state index in [1.165, 1.54) is 60.7 Å². The molecule has 8 nitrogen and oxygen atoms in total. The van der Waals surface area contributed by atoms with E-state index < -0.39 is 26.7 Å². The van der Waals surface area contributed by atoms with Crippen molar-refractivity contribution in [1.82, 2.24) is 0 Å². The minimum Gasteiger partial charge on any atom is -0.322 e. The van der Waals surface area contributed by atoms with Crippen molar-refractivity contribution in [3.05, 3.63) is 94.3 Å². The Hall–Kier alpha value is -3.79. The third-order valence-electron chi connectivity index (χ3n) is 3.84. The second-order valence-corrected chi connectivity index (χ2v) is 7.58. The SMILES string of the molecule is O=C(Nc1ccc([N+](=O)[O-])cc1)c1cccc(S(=O)(=O)Nc2ccc(F)cc2)c1. The predicted octanol–water partition coefficient (Wildman–Crippen LogP) is 3.79. The van der Waals surface area contributed by atoms with E-state index >= 15 is 0 Å². The van der Waals surface area contributed by atoms with Crippen molar-refractivity contribution in [2.45, 2.75) is 4.90 Å². The van der Waals surface area contributed by atoms with Gasteiger partial charge in [-0.05, 0) is 54.6 Å². The Balaban J connectivity index is 1.78. The molecule has 29 heavy (non-hydrogen) atoms. The van der Waals surface area contributed by atoms with Gasteiger partial charge in [0.2, 0.25) is 0 Å². The summed E-state index contributed by atoms with van der Waals surface area (Å²) >= 11 is 0. The van der Waals surface area contributed by atoms with Crippen LogP contribution in [0.25, 0.3) is 0 Å². The zero-order chi connectivity index (χ0) is 21.0. The number of hydrogen-bond acceptors (Lipinski definition) is 5. The van der Waals surface area contributed by atoms with Gasteiger partial charge in [-0.15, -0.1) is 0 Å². The van der Waals surface area contributed by atoms with Gasteiger partial charge in [0.05, 0.1) is 9.82 Å². The van der Waals surface area contributed by atoms with E-state index in [4.69, 9.17) is 0 Å². The number of nitrogens with zero attached hydrogens (tertiary/aromatic N) is 1. The fraction of sp³-hybridized carbons (Fsp3) is 0. The van der Waals surface area contributed by atoms with Crippen LogP contribution in [0.5, 0.6) is 0 Å². The third-order valence-corrected chi connectivity index (χ3v) is 5.22. The Kier molecular flexibility index (Phi) is 5.55. The van der Waals surface area contributed by atoms with Crippen molar-refractivity contribution in [1.29, 1.82) is 0 Å². The van der Waals surface area contributed by atoms with Crippen LogP contribution < -0.4 is 10.0 Å². The van der Waals surface area contributed by atoms with Crippen LogP contribution in [0.2, 0.25) is 0 Å². The fourth-order valence-electron chi connectivity index (χ4n) is 2.41. The smallest absolute Gasteiger partial charge is 0.269 e. The molecule has 10 heteroatoms. The molecule has 1 amide bonds. The van der Waals surface area contributed by atoms with Crippen LogP contribution in [-0.4, -0.2) is 19.2 Å². The first-order valence-corrected chi connectivity index (χ1v) is 9.67. The average molecular weight is 415 g/mol. The molecule has 0 atom stereocenters. The van der Waals surface area contributed by atoms with E-state index in [0.29, 0.717) is 5.69 Å². The Morgan fingerprint density at radius 2 is 1.55 bits per heavy atom. The predicted molar refractivity (Wildman–Crippen MR) is 105 cm³/mol. The van der Waals surface area contributed by atoms with Crippen molar-refractivity contribution in [2.75, 3.05) is 10.0 Å². The molecular formula is C19H14FN3O5S. The summed E-state index contributed by atoms with van der Waals surface area (Å²) in [5, 5.41) is 13.2. The van der Waals surface area contributed by atoms with E-state index in [1.54, 1.807) is 0 Å². The standard InChI is InChI=1S/C19H14FN3O5S/c20-14-4-6-16(7-5-14)22-29(27,28)18-3-1-2-13(12-18)19(24)21-15-8-10-17(11-9-15)23(25)26/h1-12,22H,(H,21,24). The van der Waals surface area contributed by atoms with Gasteiger partial charge in [-0.1, -0.05) is 6.07 Å². The van der Waals surface area contributed by atoms with Crippen molar-refractivity contribution < 1.29 is 22.5 Å². The van der Waals surface area contributed by atoms with Crippen LogP contribution in [-0.2, 0) is 10.0 Å². The van der Waals surface area contributed by atoms with E-state index in [0.717, 1.165) is 12.1 Å². The Labute approximate surface area is 165 Å². The third kappa shape index (κ3) is 4.93. The average Bonchev–Trinajstić information content (AvgIpc) is 2.70. The molecule has 0 spiro atoms. The summed E-state index contributed by atoms with van der Waals surface area (Å²) in [5.74, 6) is -1.09. The number of nitro groups is 1. The highest BCUT2D eigenvalue weighted by molar-refractivity contribution is 7.92. The molecule has 0 unspecified atom stereocenters. The van der Waals surface area contributed by atoms with E-state index in [9.17, 15) is 27.7 Å². The number of rotatable bonds is 6. The lowest BCUT2D eigenvalue weighted by molar-refractivity contribution is -0.384. The molecule has 0 saturated heterocycles. The largest absolute Gasteiger partial charge is 0.322 e. The minimum absolute atomic E-state index is 0.0744. The van der Waals surface area contributed by atoms with Gasteiger partial charge in [0.1, 0.15) is 5.82 Å². The second-order valence-electron chi connectivity index (χ2n) is 5.90. The molecule has 2 N–H and O–H groups in total. The highest BCUT2D eigenvalue weighted by Crippen LogP contribution is 2.19. The molecule has 0 aliphatic heterocycles. The zero-order valence-electron chi connectivity index (χ0n) is 14.7. The van der Waals surface area contributed by atoms with E-state index in [2.05, 4.69) is 10.0 Å². The summed E-state index contributed by atoms with van der Waals surface area (Å²) < 4.78 is 40.3. The Morgan fingerprint density at radius 3 is 2.17 bits per heavy atom. The highest BCUT2D eigenvalue weighted by Gasteiger charge is 2.17. The highest BCUT2D eigenvalue weighted by atomic mass is 32.2. The van der Waals surface area contributed by atoms with Gasteiger partial charge in [0.15, 0.2) is 0 Å². The zero-order valence-corrected chi connectivity index (χ0v) is 15.5. The summed E-state index contributed by atoms with van der Waals surface area (Å²) in [6, 6.07) is 15.3. The van der Waals surface area contributed by atoms with Gasteiger partial charge in [-0.3, -0.25) is 19.6 Å². The summed E-state index contributed by atoms with van der Waals surface area (Å²) in [7, 11) is -4.00. The molecule has 148 valence electrons. The number of non-ortho nitro benzene ring substituents is 1. The van der Waals surface area contributed by atoms with Gasteiger partial charge in [0.25, 0.3) is 21.6 Å². The monoisotopic (exact) mass is 415 g/mol. The molecule has 0 aromatic heterocycles. The Morgan fingerprint density at radius 1 is 0.931 bits per heavy atom. The number of carbonyl (C=O) groups excluding carboxylic acids is 1. The van der Waals surface area contributed by atoms with Gasteiger partial charge in [0, 0.05) is 29.1 Å². The first kappa shape index (κ1) is 20.0. The number of halogens is 1. The molecule has 3 aromatic carbocycles. The van der Waals surface area contributed by atoms with Gasteiger partial charge in [-0.25, -0.2) is 12.8 Å². The molecule has 3 aromatic rings. The first-order valence-electron chi connectivity index (χ1n) is 8.19. The lowest BCUT2D eigenvalue weighted by atomic mass is 10.2. The van der Waals surface area contributed by atoms with E-state index in [-0.39, 0.29) is 21.8 Å². The second kappa shape index (κ2) is 8.07. The molecule has 0 bridgehead atoms. The maximum absolute atomic E-state index is 13.0. The van der Waals surface area contributed by atoms with Crippen molar-refractivity contribution in [3.8, 4) is 0 Å². The van der Waals surface area contributed by atoms with Crippen molar-refractivity contribution >= 4 is 33.0 Å². The van der Waals surface area contributed by atoms with Crippen molar-refractivity contribution in [2.24, 2.45) is 0 Å². The molecule has 0 aliphatic carbocycles. The molecular weight excluding hydrogens is 401 g/mol. The number of sulfonamides is 1. The molecule has 0 aliphatic rings. The minimum atomic E-state index is -4.00. The summed E-state index contributed by atoms with van der Waals surface area (Å²) in [6.07, 6.45) is 0. The fourth-order valence-corrected chi connectivity index (χ4v) is 3.51. The van der Waals surface area contributed by atoms with E-state index in [1.807, 2.05) is 0 Å². The van der Waals surface area contributed by atoms with Crippen LogP contribution in [0.3, 0.4) is 0 Å². The molecule has 0 radical (unpaired) electrons. The summed E-state index contributed by atoms with van der Waals surface area (Å²) in [5.41, 5.74) is 0.443. The van der Waals surface area contributed by atoms with Gasteiger partial charge < -0.3 is 5.32 Å². The molecule has 3 rings (SSSR count). The number of benzene rings is 3. The normalized spacial score (nSPS) is 10.9. The van der Waals surface area contributed by atoms with Crippen LogP contribution in [0.1, 0.15) is 10.4 Å². The summed E-state index contributed by atoms with van der Waals surface area (Å²) in [6.45, 7) is 0. The van der Waals surface area contributed by atoms with Crippen LogP contribution >= 0.6 is 0 Å². The van der Waals surface area contributed by atoms with Crippen LogP contribution in [0, 0.1) is 15.9 Å². The number of nitrogens with one attached hydrogen (secondary N) is 2. The molecule has 0 saturated carbocycles. The number of hydrogen-bond donors (Lipinski definition) is 2. The maximum atomic E-state index is 13.0. The quantitative estimate of drug-likeness (QED) is 0.469. The maximum Gasteiger partial charge on any atom is 0.269 e. The lowest BCUT2D eigenvalue weighted by Gasteiger charge is -2.10.